The minimum absolute atomic E-state index is 0.0303. The Morgan fingerprint density at radius 2 is 0.912 bits per heavy atom. The lowest BCUT2D eigenvalue weighted by Gasteiger charge is -2.38. The maximum atomic E-state index is 15.6. The number of carbonyl (C=O) groups excluding carboxylic acids is 12. The maximum absolute atomic E-state index is 15.6. The number of aryl methyl sites for hydroxylation is 1. The second-order valence-electron chi connectivity index (χ2n) is 31.0. The van der Waals surface area contributed by atoms with Crippen LogP contribution >= 0.6 is 0 Å². The molecule has 0 spiro atoms. The number of carbonyl (C=O) groups is 12. The quantitative estimate of drug-likeness (QED) is 0.121. The fraction of sp³-hybridized carbons (Fsp3) is 0.684. The molecule has 26 heteroatoms. The Kier molecular flexibility index (Phi) is 34.0. The van der Waals surface area contributed by atoms with Crippen LogP contribution in [0.5, 0.6) is 0 Å². The van der Waals surface area contributed by atoms with Gasteiger partial charge in [0.1, 0.15) is 60.4 Å². The van der Waals surface area contributed by atoms with Gasteiger partial charge in [-0.25, -0.2) is 0 Å². The molecule has 2 saturated heterocycles. The Balaban J connectivity index is 1.99. The molecular weight excluding hydrogens is 1300 g/mol. The fourth-order valence-corrected chi connectivity index (χ4v) is 12.8. The predicted molar refractivity (Wildman–Crippen MR) is 390 cm³/mol. The molecule has 0 aliphatic carbocycles. The summed E-state index contributed by atoms with van der Waals surface area (Å²) in [4.78, 5) is 189. The van der Waals surface area contributed by atoms with E-state index in [0.717, 1.165) is 21.8 Å². The summed E-state index contributed by atoms with van der Waals surface area (Å²) in [7, 11) is 8.35. The number of amides is 12. The van der Waals surface area contributed by atoms with Crippen molar-refractivity contribution in [3.63, 3.8) is 0 Å². The number of benzene rings is 2. The van der Waals surface area contributed by atoms with Crippen molar-refractivity contribution >= 4 is 70.9 Å². The lowest BCUT2D eigenvalue weighted by Crippen LogP contribution is -2.62. The number of aliphatic hydroxyl groups is 1. The van der Waals surface area contributed by atoms with Crippen molar-refractivity contribution in [2.75, 3.05) is 68.5 Å². The van der Waals surface area contributed by atoms with E-state index < -0.39 is 168 Å². The molecule has 2 aromatic carbocycles. The lowest BCUT2D eigenvalue weighted by atomic mass is 9.96. The highest BCUT2D eigenvalue weighted by Gasteiger charge is 2.44. The lowest BCUT2D eigenvalue weighted by molar-refractivity contribution is -0.151. The number of nitrogens with zero attached hydrogens (tertiary/aromatic N) is 7. The first kappa shape index (κ1) is 86.4. The smallest absolute Gasteiger partial charge is 0.248 e. The van der Waals surface area contributed by atoms with Crippen LogP contribution < -0.4 is 26.6 Å². The van der Waals surface area contributed by atoms with Crippen molar-refractivity contribution in [2.24, 2.45) is 29.6 Å². The van der Waals surface area contributed by atoms with E-state index in [4.69, 9.17) is 4.74 Å². The summed E-state index contributed by atoms with van der Waals surface area (Å²) in [5.41, 5.74) is 0.612. The van der Waals surface area contributed by atoms with Gasteiger partial charge in [-0.1, -0.05) is 130 Å². The second kappa shape index (κ2) is 40.2. The van der Waals surface area contributed by atoms with Gasteiger partial charge in [-0.2, -0.15) is 0 Å². The zero-order valence-corrected chi connectivity index (χ0v) is 64.5. The van der Waals surface area contributed by atoms with Gasteiger partial charge in [0.25, 0.3) is 0 Å². The average molecular weight is 1430 g/mol. The Hall–Kier alpha value is -8.00. The van der Waals surface area contributed by atoms with Gasteiger partial charge in [-0.05, 0) is 126 Å². The zero-order valence-electron chi connectivity index (χ0n) is 64.5. The molecule has 4 rings (SSSR count). The fourth-order valence-electron chi connectivity index (χ4n) is 12.8. The number of hydrogen-bond acceptors (Lipinski definition) is 14. The van der Waals surface area contributed by atoms with Crippen molar-refractivity contribution in [3.8, 4) is 0 Å². The van der Waals surface area contributed by atoms with E-state index in [1.807, 2.05) is 85.7 Å². The Labute approximate surface area is 606 Å². The minimum atomic E-state index is -1.67. The molecule has 0 saturated carbocycles. The maximum Gasteiger partial charge on any atom is 0.248 e. The molecule has 0 radical (unpaired) electrons. The third kappa shape index (κ3) is 26.1. The molecule has 26 nitrogen and oxygen atoms in total. The van der Waals surface area contributed by atoms with Crippen LogP contribution in [0.4, 0.5) is 0 Å². The number of nitrogens with one attached hydrogen (secondary N) is 5. The first-order valence-electron chi connectivity index (χ1n) is 36.4. The van der Waals surface area contributed by atoms with Gasteiger partial charge in [0.2, 0.25) is 70.9 Å². The van der Waals surface area contributed by atoms with Crippen LogP contribution in [0.1, 0.15) is 166 Å². The van der Waals surface area contributed by atoms with E-state index in [9.17, 15) is 33.9 Å². The molecule has 2 heterocycles. The number of likely N-dealkylation sites (tertiary alicyclic amines) is 1. The SMILES string of the molecule is CC(C)C[C@H]1C(=O)N[C@@H](COC(C)(C)C)C(=O)N(C)[C@@H](Cc2ccccc2)C(=O)N(C)[C@@H](CC(C)C)C(=O)N[C@H](C(=O)N2CCCCC2)CC(=O)N[C@H](C(C)C)C(=O)N(C)[C@@H](CC(C)C)C(=O)N[C@@H](CCc2ccccc2)C(=O)N(C)[C@@H](CC(C)C)C(=O)N[C@@H]([C@@H](C)O)C(=O)N(C)CC(=O)N1C. The largest absolute Gasteiger partial charge is 0.391 e. The molecule has 2 aliphatic rings. The van der Waals surface area contributed by atoms with Gasteiger partial charge >= 0.3 is 0 Å². The molecule has 0 unspecified atom stereocenters. The van der Waals surface area contributed by atoms with E-state index in [0.29, 0.717) is 31.5 Å². The number of likely N-dealkylation sites (N-methyl/N-ethyl adjacent to an activating group) is 6. The molecule has 0 aromatic heterocycles. The summed E-state index contributed by atoms with van der Waals surface area (Å²) in [6, 6.07) is 4.44. The van der Waals surface area contributed by atoms with Gasteiger partial charge in [0, 0.05) is 61.8 Å². The van der Waals surface area contributed by atoms with Gasteiger partial charge in [-0.3, -0.25) is 57.5 Å². The summed E-state index contributed by atoms with van der Waals surface area (Å²) >= 11 is 0. The highest BCUT2D eigenvalue weighted by molar-refractivity contribution is 6.00. The average Bonchev–Trinajstić information content (AvgIpc) is 0.818. The van der Waals surface area contributed by atoms with Crippen molar-refractivity contribution in [1.29, 1.82) is 0 Å². The first-order chi connectivity index (χ1) is 47.6. The van der Waals surface area contributed by atoms with E-state index in [1.165, 1.54) is 68.8 Å². The van der Waals surface area contributed by atoms with Crippen molar-refractivity contribution < 1.29 is 67.4 Å². The van der Waals surface area contributed by atoms with Crippen LogP contribution in [-0.4, -0.2) is 251 Å². The summed E-state index contributed by atoms with van der Waals surface area (Å²) in [5, 5.41) is 25.4. The number of hydrogen-bond donors (Lipinski definition) is 6. The van der Waals surface area contributed by atoms with Crippen LogP contribution in [0, 0.1) is 29.6 Å². The van der Waals surface area contributed by atoms with Crippen LogP contribution in [0.15, 0.2) is 60.7 Å². The van der Waals surface area contributed by atoms with Crippen molar-refractivity contribution in [3.05, 3.63) is 71.8 Å². The van der Waals surface area contributed by atoms with Crippen molar-refractivity contribution in [2.45, 2.75) is 240 Å². The molecule has 570 valence electrons. The molecule has 6 N–H and O–H groups in total. The molecule has 2 aromatic rings. The van der Waals surface area contributed by atoms with Gasteiger partial charge in [0.15, 0.2) is 0 Å². The van der Waals surface area contributed by atoms with Crippen LogP contribution in [-0.2, 0) is 75.1 Å². The molecule has 12 amide bonds. The number of ether oxygens (including phenoxy) is 1. The van der Waals surface area contributed by atoms with E-state index >= 15 is 28.8 Å². The third-order valence-corrected chi connectivity index (χ3v) is 18.9. The van der Waals surface area contributed by atoms with Crippen molar-refractivity contribution in [1.82, 2.24) is 60.9 Å². The topological polar surface area (TPSA) is 317 Å². The summed E-state index contributed by atoms with van der Waals surface area (Å²) in [6.07, 6.45) is 0.528. The van der Waals surface area contributed by atoms with Gasteiger partial charge in [0.05, 0.1) is 31.3 Å². The van der Waals surface area contributed by atoms with E-state index in [1.54, 1.807) is 69.9 Å². The molecule has 2 fully saturated rings. The molecule has 0 bridgehead atoms. The molecular formula is C76H122N12O14. The standard InChI is InChI=1S/C76H122N12O14/c1-46(2)38-57-66(92)79-56(45-102-76(12,13)14)71(97)87(20)61(42-53-32-26-22-27-33-53)73(99)85(18)58(39-47(3)4)68(94)78-55(72(98)88-36-28-23-29-37-88)43-62(90)80-64(50(9)10)75(101)86(19)59(40-48(5)6)67(93)77-54(35-34-52-30-24-21-25-31-52)70(96)84(17)60(41-49(7)8)69(95)81-65(51(11)89)74(100)82(15)44-63(91)83(57)16/h21-22,24-27,30-33,46-51,54-61,64-65,89H,23,28-29,34-45H2,1-20H3,(H,77,93)(H,78,94)(H,79,92)(H,80,90)(H,81,95)/t51-,54+,55+,56+,57+,58+,59+,60+,61+,64-,65+/m1/s1. The van der Waals surface area contributed by atoms with Gasteiger partial charge in [-0.15, -0.1) is 0 Å². The van der Waals surface area contributed by atoms with E-state index in [2.05, 4.69) is 26.6 Å². The number of rotatable bonds is 18. The number of aliphatic hydroxyl groups excluding tert-OH is 1. The van der Waals surface area contributed by atoms with Gasteiger partial charge < -0.3 is 70.7 Å². The van der Waals surface area contributed by atoms with Crippen LogP contribution in [0.25, 0.3) is 0 Å². The monoisotopic (exact) mass is 1430 g/mol. The highest BCUT2D eigenvalue weighted by Crippen LogP contribution is 2.24. The highest BCUT2D eigenvalue weighted by atomic mass is 16.5. The Morgan fingerprint density at radius 1 is 0.490 bits per heavy atom. The van der Waals surface area contributed by atoms with Crippen LogP contribution in [0.3, 0.4) is 0 Å². The number of piperidine rings is 1. The Bertz CT molecular complexity index is 3130. The van der Waals surface area contributed by atoms with E-state index in [-0.39, 0.29) is 68.6 Å². The normalized spacial score (nSPS) is 24.9. The predicted octanol–water partition coefficient (Wildman–Crippen LogP) is 4.33. The third-order valence-electron chi connectivity index (χ3n) is 18.9. The molecule has 2 aliphatic heterocycles. The first-order valence-corrected chi connectivity index (χ1v) is 36.4. The minimum Gasteiger partial charge on any atom is -0.391 e. The molecule has 11 atom stereocenters. The Morgan fingerprint density at radius 3 is 1.38 bits per heavy atom. The molecule has 102 heavy (non-hydrogen) atoms. The zero-order chi connectivity index (χ0) is 76.8. The summed E-state index contributed by atoms with van der Waals surface area (Å²) < 4.78 is 6.21. The van der Waals surface area contributed by atoms with Crippen LogP contribution in [0.2, 0.25) is 0 Å². The second-order valence-corrected chi connectivity index (χ2v) is 31.0. The summed E-state index contributed by atoms with van der Waals surface area (Å²) in [5.74, 6) is -10.3. The summed E-state index contributed by atoms with van der Waals surface area (Å²) in [6.45, 7) is 24.4.